The SMILES string of the molecule is CN(C)Cc1ccc(CNC(=O)c2cc(-c3c[nH]c4ccc(Br)cc34)nc3ccccc23)cc1.NCc1ccc(CNC(=O)c2cc(-c3c[nH]c4ccc(Br)cc34)nc3ccccc23)cc1. The summed E-state index contributed by atoms with van der Waals surface area (Å²) in [4.78, 5) is 45.0. The van der Waals surface area contributed by atoms with Crippen LogP contribution in [0.5, 0.6) is 0 Å². The smallest absolute Gasteiger partial charge is 0.252 e. The van der Waals surface area contributed by atoms with Crippen LogP contribution in [0.25, 0.3) is 66.1 Å². The van der Waals surface area contributed by atoms with Crippen LogP contribution in [0.3, 0.4) is 0 Å². The fourth-order valence-corrected chi connectivity index (χ4v) is 8.81. The van der Waals surface area contributed by atoms with Gasteiger partial charge in [-0.25, -0.2) is 9.97 Å². The highest BCUT2D eigenvalue weighted by atomic mass is 79.9. The van der Waals surface area contributed by atoms with Gasteiger partial charge in [0.1, 0.15) is 0 Å². The van der Waals surface area contributed by atoms with Gasteiger partial charge in [-0.1, -0.05) is 117 Å². The van der Waals surface area contributed by atoms with Gasteiger partial charge in [-0.3, -0.25) is 9.59 Å². The van der Waals surface area contributed by atoms with Gasteiger partial charge in [0.05, 0.1) is 33.5 Å². The van der Waals surface area contributed by atoms with Crippen LogP contribution in [0, 0.1) is 0 Å². The lowest BCUT2D eigenvalue weighted by atomic mass is 10.0. The summed E-state index contributed by atoms with van der Waals surface area (Å²) >= 11 is 7.11. The van der Waals surface area contributed by atoms with Gasteiger partial charge in [0.15, 0.2) is 0 Å². The lowest BCUT2D eigenvalue weighted by Gasteiger charge is -2.12. The van der Waals surface area contributed by atoms with Crippen LogP contribution >= 0.6 is 31.9 Å². The van der Waals surface area contributed by atoms with Crippen LogP contribution in [-0.4, -0.2) is 50.7 Å². The third kappa shape index (κ3) is 9.82. The summed E-state index contributed by atoms with van der Waals surface area (Å²) < 4.78 is 1.99. The predicted molar refractivity (Wildman–Crippen MR) is 274 cm³/mol. The molecule has 0 aliphatic rings. The summed E-state index contributed by atoms with van der Waals surface area (Å²) in [5, 5.41) is 9.92. The van der Waals surface area contributed by atoms with E-state index in [1.165, 1.54) is 5.56 Å². The maximum Gasteiger partial charge on any atom is 0.252 e. The number of H-pyrrole nitrogens is 2. The number of aromatic amines is 2. The molecule has 4 heterocycles. The van der Waals surface area contributed by atoms with E-state index in [0.29, 0.717) is 30.8 Å². The quantitative estimate of drug-likeness (QED) is 0.0873. The van der Waals surface area contributed by atoms with Crippen molar-refractivity contribution in [3.05, 3.63) is 200 Å². The van der Waals surface area contributed by atoms with Gasteiger partial charge in [-0.15, -0.1) is 0 Å². The third-order valence-electron chi connectivity index (χ3n) is 11.4. The molecule has 0 fully saturated rings. The summed E-state index contributed by atoms with van der Waals surface area (Å²) in [6.45, 7) is 2.30. The predicted octanol–water partition coefficient (Wildman–Crippen LogP) is 11.7. The van der Waals surface area contributed by atoms with Gasteiger partial charge in [0.25, 0.3) is 11.8 Å². The van der Waals surface area contributed by atoms with E-state index >= 15 is 0 Å². The Morgan fingerprint density at radius 1 is 0.545 bits per heavy atom. The van der Waals surface area contributed by atoms with Gasteiger partial charge in [-0.05, 0) is 97.0 Å². The van der Waals surface area contributed by atoms with Crippen LogP contribution in [-0.2, 0) is 26.2 Å². The molecule has 0 spiro atoms. The van der Waals surface area contributed by atoms with Crippen LogP contribution in [0.1, 0.15) is 43.0 Å². The second kappa shape index (κ2) is 19.6. The Balaban J connectivity index is 0.000000166. The van der Waals surface area contributed by atoms with E-state index in [4.69, 9.17) is 15.7 Å². The molecular weight excluding hydrogens is 952 g/mol. The summed E-state index contributed by atoms with van der Waals surface area (Å²) in [7, 11) is 4.10. The number of hydrogen-bond donors (Lipinski definition) is 5. The van der Waals surface area contributed by atoms with Crippen LogP contribution in [0.15, 0.2) is 167 Å². The number of para-hydroxylation sites is 2. The molecular formula is C54H46Br2N8O2. The summed E-state index contributed by atoms with van der Waals surface area (Å²) in [6.07, 6.45) is 3.89. The van der Waals surface area contributed by atoms with Crippen molar-refractivity contribution in [3.8, 4) is 22.5 Å². The number of amides is 2. The second-order valence-electron chi connectivity index (χ2n) is 16.4. The van der Waals surface area contributed by atoms with E-state index in [2.05, 4.69) is 108 Å². The Kier molecular flexibility index (Phi) is 13.2. The van der Waals surface area contributed by atoms with E-state index in [1.54, 1.807) is 0 Å². The molecule has 10 nitrogen and oxygen atoms in total. The standard InChI is InChI=1S/C28H25BrN4O.C26H21BrN4O/c1-33(2)17-19-9-7-18(8-10-19)15-31-28(34)23-14-27(32-26-6-4-3-5-21(23)26)24-16-30-25-12-11-20(29)13-22(24)25;27-18-9-10-23-20(11-18)22(15-29-23)25-12-21(19-3-1-2-4-24(19)31-25)26(32)30-14-17-7-5-16(13-28)6-8-17/h3-14,16,30H,15,17H2,1-2H3,(H,31,34);1-12,15,29H,13-14,28H2,(H,30,32). The minimum absolute atomic E-state index is 0.113. The van der Waals surface area contributed by atoms with Gasteiger partial charge in [0.2, 0.25) is 0 Å². The number of nitrogens with two attached hydrogens (primary N) is 1. The largest absolute Gasteiger partial charge is 0.360 e. The molecule has 12 heteroatoms. The van der Waals surface area contributed by atoms with Crippen molar-refractivity contribution in [2.24, 2.45) is 5.73 Å². The molecule has 0 aliphatic heterocycles. The Morgan fingerprint density at radius 2 is 0.970 bits per heavy atom. The molecule has 328 valence electrons. The van der Waals surface area contributed by atoms with Crippen LogP contribution in [0.2, 0.25) is 0 Å². The number of carbonyl (C=O) groups excluding carboxylic acids is 2. The van der Waals surface area contributed by atoms with Crippen molar-refractivity contribution in [1.29, 1.82) is 0 Å². The number of benzene rings is 6. The molecule has 2 amide bonds. The molecule has 0 saturated heterocycles. The zero-order valence-corrected chi connectivity index (χ0v) is 39.5. The number of fused-ring (bicyclic) bond motifs is 4. The highest BCUT2D eigenvalue weighted by Gasteiger charge is 2.18. The summed E-state index contributed by atoms with van der Waals surface area (Å²) in [6, 6.07) is 47.7. The fraction of sp³-hybridized carbons (Fsp3) is 0.111. The zero-order chi connectivity index (χ0) is 45.7. The number of aromatic nitrogens is 4. The lowest BCUT2D eigenvalue weighted by Crippen LogP contribution is -2.23. The Morgan fingerprint density at radius 3 is 1.41 bits per heavy atom. The van der Waals surface area contributed by atoms with Crippen molar-refractivity contribution in [2.45, 2.75) is 26.2 Å². The van der Waals surface area contributed by atoms with Crippen molar-refractivity contribution in [1.82, 2.24) is 35.5 Å². The van der Waals surface area contributed by atoms with Gasteiger partial charge >= 0.3 is 0 Å². The van der Waals surface area contributed by atoms with Crippen molar-refractivity contribution in [2.75, 3.05) is 14.1 Å². The topological polar surface area (TPSA) is 145 Å². The Bertz CT molecular complexity index is 3380. The highest BCUT2D eigenvalue weighted by Crippen LogP contribution is 2.34. The monoisotopic (exact) mass is 996 g/mol. The third-order valence-corrected chi connectivity index (χ3v) is 12.4. The maximum absolute atomic E-state index is 13.3. The molecule has 4 aromatic heterocycles. The number of carbonyl (C=O) groups is 2. The molecule has 0 saturated carbocycles. The van der Waals surface area contributed by atoms with Crippen molar-refractivity contribution < 1.29 is 9.59 Å². The number of pyridine rings is 2. The van der Waals surface area contributed by atoms with E-state index < -0.39 is 0 Å². The average molecular weight is 999 g/mol. The first-order valence-electron chi connectivity index (χ1n) is 21.5. The summed E-state index contributed by atoms with van der Waals surface area (Å²) in [5.74, 6) is -0.244. The van der Waals surface area contributed by atoms with Crippen LogP contribution < -0.4 is 16.4 Å². The molecule has 0 atom stereocenters. The molecule has 10 rings (SSSR count). The number of halogens is 2. The Hall–Kier alpha value is -6.96. The van der Waals surface area contributed by atoms with E-state index in [0.717, 1.165) is 98.3 Å². The minimum Gasteiger partial charge on any atom is -0.360 e. The normalized spacial score (nSPS) is 11.3. The van der Waals surface area contributed by atoms with Gasteiger partial charge in [0, 0.05) is 91.2 Å². The number of hydrogen-bond acceptors (Lipinski definition) is 6. The van der Waals surface area contributed by atoms with Crippen LogP contribution in [0.4, 0.5) is 0 Å². The average Bonchev–Trinajstić information content (AvgIpc) is 3.96. The molecule has 0 unspecified atom stereocenters. The number of rotatable bonds is 11. The van der Waals surface area contributed by atoms with E-state index in [-0.39, 0.29) is 11.8 Å². The highest BCUT2D eigenvalue weighted by molar-refractivity contribution is 9.10. The second-order valence-corrected chi connectivity index (χ2v) is 18.2. The molecule has 6 N–H and O–H groups in total. The maximum atomic E-state index is 13.3. The minimum atomic E-state index is -0.131. The first-order valence-corrected chi connectivity index (χ1v) is 23.1. The Labute approximate surface area is 398 Å². The fourth-order valence-electron chi connectivity index (χ4n) is 8.09. The van der Waals surface area contributed by atoms with E-state index in [1.807, 2.05) is 122 Å². The van der Waals surface area contributed by atoms with Crippen molar-refractivity contribution in [3.63, 3.8) is 0 Å². The first kappa shape index (κ1) is 44.3. The molecule has 0 aliphatic carbocycles. The number of nitrogens with zero attached hydrogens (tertiary/aromatic N) is 3. The first-order chi connectivity index (χ1) is 32.1. The molecule has 6 aromatic carbocycles. The van der Waals surface area contributed by atoms with Gasteiger partial charge in [-0.2, -0.15) is 0 Å². The number of nitrogens with one attached hydrogen (secondary N) is 4. The zero-order valence-electron chi connectivity index (χ0n) is 36.3. The molecule has 0 radical (unpaired) electrons. The van der Waals surface area contributed by atoms with Crippen molar-refractivity contribution >= 4 is 87.3 Å². The molecule has 0 bridgehead atoms. The van der Waals surface area contributed by atoms with Gasteiger partial charge < -0.3 is 31.2 Å². The molecule has 66 heavy (non-hydrogen) atoms. The van der Waals surface area contributed by atoms with E-state index in [9.17, 15) is 9.59 Å². The summed E-state index contributed by atoms with van der Waals surface area (Å²) in [5.41, 5.74) is 18.4. The molecule has 10 aromatic rings. The lowest BCUT2D eigenvalue weighted by molar-refractivity contribution is 0.0944.